The van der Waals surface area contributed by atoms with Crippen LogP contribution < -0.4 is 5.32 Å². The first-order chi connectivity index (χ1) is 10.9. The van der Waals surface area contributed by atoms with Gasteiger partial charge in [-0.3, -0.25) is 4.79 Å². The normalized spacial score (nSPS) is 10.2. The summed E-state index contributed by atoms with van der Waals surface area (Å²) in [5.74, 6) is -3.68. The maximum atomic E-state index is 13.4. The molecule has 0 unspecified atom stereocenters. The number of carbonyl (C=O) groups excluding carboxylic acids is 2. The van der Waals surface area contributed by atoms with Crippen LogP contribution in [-0.2, 0) is 9.53 Å². The molecule has 23 heavy (non-hydrogen) atoms. The Morgan fingerprint density at radius 3 is 2.61 bits per heavy atom. The molecule has 2 aromatic rings. The van der Waals surface area contributed by atoms with E-state index in [4.69, 9.17) is 4.74 Å². The van der Waals surface area contributed by atoms with Crippen LogP contribution in [0.5, 0.6) is 5.75 Å². The first kappa shape index (κ1) is 16.4. The lowest BCUT2D eigenvalue weighted by Crippen LogP contribution is -2.21. The van der Waals surface area contributed by atoms with E-state index in [1.807, 2.05) is 0 Å². The van der Waals surface area contributed by atoms with Crippen molar-refractivity contribution in [3.05, 3.63) is 59.2 Å². The number of esters is 1. The summed E-state index contributed by atoms with van der Waals surface area (Å²) in [5.41, 5.74) is 0.421. The highest BCUT2D eigenvalue weighted by Crippen LogP contribution is 2.19. The summed E-state index contributed by atoms with van der Waals surface area (Å²) in [4.78, 5) is 23.4. The molecule has 0 atom stereocenters. The minimum atomic E-state index is -0.944. The zero-order valence-electron chi connectivity index (χ0n) is 12.1. The standard InChI is InChI=1S/C16H13F2NO4/c1-9-2-5-14(20)11(6-9)16(22)23-8-15(21)19-13-4-3-10(17)7-12(13)18/h2-7,20H,8H2,1H3,(H,19,21). The Morgan fingerprint density at radius 2 is 1.91 bits per heavy atom. The van der Waals surface area contributed by atoms with Crippen molar-refractivity contribution in [3.8, 4) is 5.75 Å². The van der Waals surface area contributed by atoms with E-state index in [0.29, 0.717) is 6.07 Å². The number of carbonyl (C=O) groups is 2. The van der Waals surface area contributed by atoms with Gasteiger partial charge in [-0.1, -0.05) is 11.6 Å². The van der Waals surface area contributed by atoms with Gasteiger partial charge in [-0.2, -0.15) is 0 Å². The molecule has 0 radical (unpaired) electrons. The average Bonchev–Trinajstić information content (AvgIpc) is 2.50. The Bertz CT molecular complexity index is 762. The van der Waals surface area contributed by atoms with Crippen molar-refractivity contribution >= 4 is 17.6 Å². The number of benzene rings is 2. The summed E-state index contributed by atoms with van der Waals surface area (Å²) < 4.78 is 30.9. The number of aromatic hydroxyl groups is 1. The first-order valence-corrected chi connectivity index (χ1v) is 6.58. The second-order valence-electron chi connectivity index (χ2n) is 4.77. The van der Waals surface area contributed by atoms with E-state index in [-0.39, 0.29) is 17.0 Å². The molecule has 0 aromatic heterocycles. The van der Waals surface area contributed by atoms with Crippen LogP contribution in [0.3, 0.4) is 0 Å². The van der Waals surface area contributed by atoms with Crippen molar-refractivity contribution in [2.45, 2.75) is 6.92 Å². The summed E-state index contributed by atoms with van der Waals surface area (Å²) in [5, 5.41) is 11.7. The number of phenols is 1. The lowest BCUT2D eigenvalue weighted by molar-refractivity contribution is -0.119. The van der Waals surface area contributed by atoms with E-state index in [0.717, 1.165) is 17.7 Å². The molecule has 0 bridgehead atoms. The number of nitrogens with one attached hydrogen (secondary N) is 1. The van der Waals surface area contributed by atoms with Gasteiger partial charge in [0, 0.05) is 6.07 Å². The summed E-state index contributed by atoms with van der Waals surface area (Å²) in [7, 11) is 0. The van der Waals surface area contributed by atoms with Crippen molar-refractivity contribution in [1.29, 1.82) is 0 Å². The Labute approximate surface area is 130 Å². The van der Waals surface area contributed by atoms with Crippen molar-refractivity contribution < 1.29 is 28.2 Å². The lowest BCUT2D eigenvalue weighted by Gasteiger charge is -2.08. The topological polar surface area (TPSA) is 75.6 Å². The summed E-state index contributed by atoms with van der Waals surface area (Å²) in [6.07, 6.45) is 0. The molecule has 0 fully saturated rings. The van der Waals surface area contributed by atoms with Crippen LogP contribution in [0.2, 0.25) is 0 Å². The van der Waals surface area contributed by atoms with Crippen LogP contribution >= 0.6 is 0 Å². The van der Waals surface area contributed by atoms with Gasteiger partial charge in [-0.25, -0.2) is 13.6 Å². The smallest absolute Gasteiger partial charge is 0.342 e. The molecule has 7 heteroatoms. The van der Waals surface area contributed by atoms with Gasteiger partial charge in [0.05, 0.1) is 5.69 Å². The molecule has 120 valence electrons. The van der Waals surface area contributed by atoms with E-state index < -0.39 is 30.1 Å². The SMILES string of the molecule is Cc1ccc(O)c(C(=O)OCC(=O)Nc2ccc(F)cc2F)c1. The molecule has 0 aliphatic rings. The third kappa shape index (κ3) is 4.26. The number of anilines is 1. The van der Waals surface area contributed by atoms with E-state index in [9.17, 15) is 23.5 Å². The maximum Gasteiger partial charge on any atom is 0.342 e. The van der Waals surface area contributed by atoms with Gasteiger partial charge in [-0.05, 0) is 31.2 Å². The van der Waals surface area contributed by atoms with Gasteiger partial charge in [0.15, 0.2) is 6.61 Å². The molecule has 2 aromatic carbocycles. The molecule has 5 nitrogen and oxygen atoms in total. The largest absolute Gasteiger partial charge is 0.507 e. The van der Waals surface area contributed by atoms with E-state index in [2.05, 4.69) is 5.32 Å². The van der Waals surface area contributed by atoms with Crippen molar-refractivity contribution in [1.82, 2.24) is 0 Å². The number of halogens is 2. The number of hydrogen-bond donors (Lipinski definition) is 2. The number of ether oxygens (including phenoxy) is 1. The summed E-state index contributed by atoms with van der Waals surface area (Å²) in [6.45, 7) is 1.04. The molecule has 2 N–H and O–H groups in total. The maximum absolute atomic E-state index is 13.4. The first-order valence-electron chi connectivity index (χ1n) is 6.58. The minimum Gasteiger partial charge on any atom is -0.507 e. The Kier molecular flexibility index (Phi) is 4.90. The molecule has 0 aliphatic heterocycles. The van der Waals surface area contributed by atoms with Crippen molar-refractivity contribution in [2.24, 2.45) is 0 Å². The van der Waals surface area contributed by atoms with Crippen LogP contribution in [-0.4, -0.2) is 23.6 Å². The third-order valence-electron chi connectivity index (χ3n) is 2.91. The van der Waals surface area contributed by atoms with Gasteiger partial charge in [0.25, 0.3) is 5.91 Å². The highest BCUT2D eigenvalue weighted by molar-refractivity contribution is 5.96. The van der Waals surface area contributed by atoms with Crippen LogP contribution in [0.15, 0.2) is 36.4 Å². The number of amides is 1. The zero-order chi connectivity index (χ0) is 17.0. The van der Waals surface area contributed by atoms with E-state index in [1.54, 1.807) is 13.0 Å². The predicted molar refractivity (Wildman–Crippen MR) is 78.1 cm³/mol. The second-order valence-corrected chi connectivity index (χ2v) is 4.77. The molecule has 0 heterocycles. The van der Waals surface area contributed by atoms with Crippen LogP contribution in [0.25, 0.3) is 0 Å². The highest BCUT2D eigenvalue weighted by Gasteiger charge is 2.15. The summed E-state index contributed by atoms with van der Waals surface area (Å²) in [6, 6.07) is 7.00. The predicted octanol–water partition coefficient (Wildman–Crippen LogP) is 2.77. The lowest BCUT2D eigenvalue weighted by atomic mass is 10.1. The fourth-order valence-corrected chi connectivity index (χ4v) is 1.80. The number of hydrogen-bond acceptors (Lipinski definition) is 4. The van der Waals surface area contributed by atoms with Gasteiger partial charge in [0.2, 0.25) is 0 Å². The summed E-state index contributed by atoms with van der Waals surface area (Å²) >= 11 is 0. The van der Waals surface area contributed by atoms with Crippen molar-refractivity contribution in [3.63, 3.8) is 0 Å². The van der Waals surface area contributed by atoms with Crippen LogP contribution in [0.4, 0.5) is 14.5 Å². The zero-order valence-corrected chi connectivity index (χ0v) is 12.1. The quantitative estimate of drug-likeness (QED) is 0.849. The fraction of sp³-hybridized carbons (Fsp3) is 0.125. The number of aryl methyl sites for hydroxylation is 1. The average molecular weight is 321 g/mol. The van der Waals surface area contributed by atoms with Crippen molar-refractivity contribution in [2.75, 3.05) is 11.9 Å². The molecule has 0 aliphatic carbocycles. The Hall–Kier alpha value is -2.96. The van der Waals surface area contributed by atoms with Gasteiger partial charge >= 0.3 is 5.97 Å². The number of phenolic OH excluding ortho intramolecular Hbond substituents is 1. The molecular weight excluding hydrogens is 308 g/mol. The van der Waals surface area contributed by atoms with Gasteiger partial charge in [-0.15, -0.1) is 0 Å². The monoisotopic (exact) mass is 321 g/mol. The molecular formula is C16H13F2NO4. The third-order valence-corrected chi connectivity index (χ3v) is 2.91. The Balaban J connectivity index is 1.96. The van der Waals surface area contributed by atoms with E-state index in [1.165, 1.54) is 12.1 Å². The molecule has 0 spiro atoms. The molecule has 2 rings (SSSR count). The van der Waals surface area contributed by atoms with E-state index >= 15 is 0 Å². The van der Waals surface area contributed by atoms with Crippen LogP contribution in [0, 0.1) is 18.6 Å². The highest BCUT2D eigenvalue weighted by atomic mass is 19.1. The number of rotatable bonds is 4. The minimum absolute atomic E-state index is 0.0780. The second kappa shape index (κ2) is 6.87. The van der Waals surface area contributed by atoms with Gasteiger partial charge < -0.3 is 15.2 Å². The Morgan fingerprint density at radius 1 is 1.17 bits per heavy atom. The molecule has 0 saturated heterocycles. The fourth-order valence-electron chi connectivity index (χ4n) is 1.80. The molecule has 0 saturated carbocycles. The van der Waals surface area contributed by atoms with Crippen LogP contribution in [0.1, 0.15) is 15.9 Å². The molecule has 1 amide bonds. The van der Waals surface area contributed by atoms with Gasteiger partial charge in [0.1, 0.15) is 22.9 Å².